The molecule has 7 heteroatoms. The van der Waals surface area contributed by atoms with Crippen LogP contribution in [0.5, 0.6) is 0 Å². The van der Waals surface area contributed by atoms with Crippen molar-refractivity contribution in [2.24, 2.45) is 5.92 Å². The van der Waals surface area contributed by atoms with E-state index in [0.29, 0.717) is 12.5 Å². The van der Waals surface area contributed by atoms with E-state index in [0.717, 1.165) is 24.1 Å². The lowest BCUT2D eigenvalue weighted by molar-refractivity contribution is 0.113. The first kappa shape index (κ1) is 16.4. The maximum absolute atomic E-state index is 12.2. The number of rotatable bonds is 6. The molecule has 3 rings (SSSR count). The molecule has 2 unspecified atom stereocenters. The fourth-order valence-corrected chi connectivity index (χ4v) is 2.63. The molecule has 128 valence electrons. The number of aliphatic hydroxyl groups is 1. The van der Waals surface area contributed by atoms with Crippen LogP contribution < -0.4 is 5.32 Å². The van der Waals surface area contributed by atoms with Gasteiger partial charge >= 0.3 is 6.03 Å². The van der Waals surface area contributed by atoms with Crippen LogP contribution in [-0.4, -0.2) is 50.5 Å². The predicted octanol–water partition coefficient (Wildman–Crippen LogP) is 1.74. The van der Waals surface area contributed by atoms with Crippen LogP contribution in [0, 0.1) is 5.92 Å². The second-order valence-corrected chi connectivity index (χ2v) is 6.39. The minimum absolute atomic E-state index is 0.122. The third-order valence-electron chi connectivity index (χ3n) is 4.39. The Bertz CT molecular complexity index is 667. The standard InChI is InChI=1S/C17H23N5O2/c1-12(20-17(24)21(2)9-16(23)14-3-4-14)13-5-7-15(8-6-13)22-11-18-10-19-22/h5-8,10-12,14,16,23H,3-4,9H2,1-2H3,(H,20,24). The van der Waals surface area contributed by atoms with Gasteiger partial charge in [-0.1, -0.05) is 12.1 Å². The molecule has 2 amide bonds. The van der Waals surface area contributed by atoms with Crippen molar-refractivity contribution in [3.8, 4) is 5.69 Å². The first-order valence-corrected chi connectivity index (χ1v) is 8.19. The second-order valence-electron chi connectivity index (χ2n) is 6.39. The highest BCUT2D eigenvalue weighted by Crippen LogP contribution is 2.32. The van der Waals surface area contributed by atoms with Gasteiger partial charge in [0, 0.05) is 13.6 Å². The Hall–Kier alpha value is -2.41. The number of amides is 2. The van der Waals surface area contributed by atoms with Crippen LogP contribution >= 0.6 is 0 Å². The van der Waals surface area contributed by atoms with Crippen LogP contribution in [-0.2, 0) is 0 Å². The number of aromatic nitrogens is 3. The number of hydrogen-bond acceptors (Lipinski definition) is 4. The summed E-state index contributed by atoms with van der Waals surface area (Å²) in [5, 5.41) is 17.0. The summed E-state index contributed by atoms with van der Waals surface area (Å²) >= 11 is 0. The Balaban J connectivity index is 1.55. The van der Waals surface area contributed by atoms with Crippen molar-refractivity contribution >= 4 is 6.03 Å². The van der Waals surface area contributed by atoms with Crippen molar-refractivity contribution in [2.75, 3.05) is 13.6 Å². The number of likely N-dealkylation sites (N-methyl/N-ethyl adjacent to an activating group) is 1. The lowest BCUT2D eigenvalue weighted by Crippen LogP contribution is -2.42. The van der Waals surface area contributed by atoms with Gasteiger partial charge in [-0.25, -0.2) is 14.5 Å². The van der Waals surface area contributed by atoms with Gasteiger partial charge in [0.05, 0.1) is 17.8 Å². The summed E-state index contributed by atoms with van der Waals surface area (Å²) in [7, 11) is 1.71. The number of nitrogens with one attached hydrogen (secondary N) is 1. The number of benzene rings is 1. The van der Waals surface area contributed by atoms with Crippen molar-refractivity contribution in [1.29, 1.82) is 0 Å². The first-order chi connectivity index (χ1) is 11.5. The minimum atomic E-state index is -0.419. The number of hydrogen-bond donors (Lipinski definition) is 2. The van der Waals surface area contributed by atoms with Gasteiger partial charge in [0.25, 0.3) is 0 Å². The van der Waals surface area contributed by atoms with Crippen molar-refractivity contribution in [3.63, 3.8) is 0 Å². The predicted molar refractivity (Wildman–Crippen MR) is 89.7 cm³/mol. The summed E-state index contributed by atoms with van der Waals surface area (Å²) in [5.41, 5.74) is 1.92. The van der Waals surface area contributed by atoms with Crippen molar-refractivity contribution in [1.82, 2.24) is 25.0 Å². The molecule has 1 fully saturated rings. The van der Waals surface area contributed by atoms with Gasteiger partial charge in [-0.2, -0.15) is 5.10 Å². The quantitative estimate of drug-likeness (QED) is 0.845. The molecule has 1 aliphatic rings. The molecule has 7 nitrogen and oxygen atoms in total. The smallest absolute Gasteiger partial charge is 0.317 e. The summed E-state index contributed by atoms with van der Waals surface area (Å²) in [5.74, 6) is 0.363. The molecule has 0 aliphatic heterocycles. The topological polar surface area (TPSA) is 83.3 Å². The summed E-state index contributed by atoms with van der Waals surface area (Å²) in [6, 6.07) is 7.49. The van der Waals surface area contributed by atoms with Crippen LogP contribution in [0.4, 0.5) is 4.79 Å². The highest BCUT2D eigenvalue weighted by molar-refractivity contribution is 5.74. The molecular weight excluding hydrogens is 306 g/mol. The fourth-order valence-electron chi connectivity index (χ4n) is 2.63. The van der Waals surface area contributed by atoms with Crippen LogP contribution in [0.25, 0.3) is 5.69 Å². The Morgan fingerprint density at radius 2 is 2.12 bits per heavy atom. The van der Waals surface area contributed by atoms with Gasteiger partial charge in [0.2, 0.25) is 0 Å². The van der Waals surface area contributed by atoms with E-state index >= 15 is 0 Å². The minimum Gasteiger partial charge on any atom is -0.391 e. The van der Waals surface area contributed by atoms with E-state index in [2.05, 4.69) is 15.4 Å². The lowest BCUT2D eigenvalue weighted by atomic mass is 10.1. The zero-order valence-electron chi connectivity index (χ0n) is 14.0. The van der Waals surface area contributed by atoms with Gasteiger partial charge in [0.15, 0.2) is 0 Å². The first-order valence-electron chi connectivity index (χ1n) is 8.19. The van der Waals surface area contributed by atoms with Gasteiger partial charge in [-0.05, 0) is 43.4 Å². The van der Waals surface area contributed by atoms with E-state index in [4.69, 9.17) is 0 Å². The maximum atomic E-state index is 12.2. The molecule has 1 aromatic heterocycles. The fraction of sp³-hybridized carbons (Fsp3) is 0.471. The summed E-state index contributed by atoms with van der Waals surface area (Å²) in [4.78, 5) is 17.7. The lowest BCUT2D eigenvalue weighted by Gasteiger charge is -2.24. The summed E-state index contributed by atoms with van der Waals surface area (Å²) < 4.78 is 1.68. The van der Waals surface area contributed by atoms with Gasteiger partial charge in [-0.3, -0.25) is 0 Å². The molecular formula is C17H23N5O2. The maximum Gasteiger partial charge on any atom is 0.317 e. The van der Waals surface area contributed by atoms with Gasteiger partial charge in [0.1, 0.15) is 12.7 Å². The number of nitrogens with zero attached hydrogens (tertiary/aromatic N) is 4. The summed E-state index contributed by atoms with van der Waals surface area (Å²) in [6.07, 6.45) is 4.83. The monoisotopic (exact) mass is 329 g/mol. The molecule has 0 bridgehead atoms. The molecule has 2 aromatic rings. The van der Waals surface area contributed by atoms with Crippen LogP contribution in [0.2, 0.25) is 0 Å². The van der Waals surface area contributed by atoms with Crippen LogP contribution in [0.3, 0.4) is 0 Å². The molecule has 1 aromatic carbocycles. The van der Waals surface area contributed by atoms with Crippen LogP contribution in [0.15, 0.2) is 36.9 Å². The molecule has 1 heterocycles. The zero-order chi connectivity index (χ0) is 17.1. The third-order valence-corrected chi connectivity index (χ3v) is 4.39. The molecule has 1 aliphatic carbocycles. The van der Waals surface area contributed by atoms with E-state index in [1.807, 2.05) is 31.2 Å². The van der Waals surface area contributed by atoms with Crippen molar-refractivity contribution in [3.05, 3.63) is 42.5 Å². The highest BCUT2D eigenvalue weighted by Gasteiger charge is 2.31. The average molecular weight is 329 g/mol. The van der Waals surface area contributed by atoms with Crippen molar-refractivity contribution in [2.45, 2.75) is 31.9 Å². The number of urea groups is 1. The molecule has 0 saturated heterocycles. The number of aliphatic hydroxyl groups excluding tert-OH is 1. The van der Waals surface area contributed by atoms with E-state index in [-0.39, 0.29) is 12.1 Å². The third kappa shape index (κ3) is 3.91. The molecule has 0 radical (unpaired) electrons. The van der Waals surface area contributed by atoms with E-state index in [9.17, 15) is 9.90 Å². The SMILES string of the molecule is CC(NC(=O)N(C)CC(O)C1CC1)c1ccc(-n2cncn2)cc1. The Morgan fingerprint density at radius 3 is 2.71 bits per heavy atom. The summed E-state index contributed by atoms with van der Waals surface area (Å²) in [6.45, 7) is 2.31. The van der Waals surface area contributed by atoms with E-state index < -0.39 is 6.10 Å². The van der Waals surface area contributed by atoms with Gasteiger partial charge in [-0.15, -0.1) is 0 Å². The molecule has 1 saturated carbocycles. The Morgan fingerprint density at radius 1 is 1.42 bits per heavy atom. The largest absolute Gasteiger partial charge is 0.391 e. The van der Waals surface area contributed by atoms with E-state index in [1.165, 1.54) is 6.33 Å². The van der Waals surface area contributed by atoms with Crippen LogP contribution in [0.1, 0.15) is 31.4 Å². The second kappa shape index (κ2) is 7.00. The van der Waals surface area contributed by atoms with E-state index in [1.54, 1.807) is 23.0 Å². The highest BCUT2D eigenvalue weighted by atomic mass is 16.3. The average Bonchev–Trinajstić information content (AvgIpc) is 3.29. The number of carbonyl (C=O) groups is 1. The Kier molecular flexibility index (Phi) is 4.80. The normalized spacial score (nSPS) is 16.5. The zero-order valence-corrected chi connectivity index (χ0v) is 14.0. The molecule has 24 heavy (non-hydrogen) atoms. The molecule has 2 atom stereocenters. The van der Waals surface area contributed by atoms with Crippen molar-refractivity contribution < 1.29 is 9.90 Å². The van der Waals surface area contributed by atoms with Gasteiger partial charge < -0.3 is 15.3 Å². The molecule has 0 spiro atoms. The Labute approximate surface area is 141 Å². The number of carbonyl (C=O) groups excluding carboxylic acids is 1. The molecule has 2 N–H and O–H groups in total.